The highest BCUT2D eigenvalue weighted by Crippen LogP contribution is 2.32. The van der Waals surface area contributed by atoms with Crippen LogP contribution in [0, 0.1) is 6.92 Å². The number of piperazine rings is 1. The number of piperidine rings is 1. The van der Waals surface area contributed by atoms with Gasteiger partial charge in [-0.15, -0.1) is 0 Å². The van der Waals surface area contributed by atoms with Crippen molar-refractivity contribution in [3.8, 4) is 11.5 Å². The van der Waals surface area contributed by atoms with Crippen molar-refractivity contribution in [2.45, 2.75) is 26.2 Å². The third kappa shape index (κ3) is 4.51. The van der Waals surface area contributed by atoms with Crippen molar-refractivity contribution in [3.63, 3.8) is 0 Å². The highest BCUT2D eigenvalue weighted by molar-refractivity contribution is 5.90. The first kappa shape index (κ1) is 20.7. The number of aromatic nitrogens is 2. The van der Waals surface area contributed by atoms with Crippen LogP contribution in [0.1, 0.15) is 25.0 Å². The number of urea groups is 1. The summed E-state index contributed by atoms with van der Waals surface area (Å²) in [6.07, 6.45) is 3.73. The van der Waals surface area contributed by atoms with Crippen LogP contribution >= 0.6 is 0 Å². The van der Waals surface area contributed by atoms with Gasteiger partial charge in [0.2, 0.25) is 5.95 Å². The average molecular weight is 439 g/mol. The van der Waals surface area contributed by atoms with Crippen LogP contribution in [0.3, 0.4) is 0 Å². The molecule has 0 unspecified atom stereocenters. The third-order valence-electron chi connectivity index (χ3n) is 6.15. The number of aryl methyl sites for hydroxylation is 1. The molecule has 1 aromatic carbocycles. The predicted molar refractivity (Wildman–Crippen MR) is 123 cm³/mol. The molecule has 9 nitrogen and oxygen atoms in total. The minimum absolute atomic E-state index is 0.111. The molecule has 0 saturated carbocycles. The molecule has 0 bridgehead atoms. The number of ether oxygens (including phenoxy) is 2. The Morgan fingerprint density at radius 2 is 1.62 bits per heavy atom. The number of carbonyl (C=O) groups excluding carboxylic acids is 1. The third-order valence-corrected chi connectivity index (χ3v) is 6.15. The maximum absolute atomic E-state index is 12.8. The highest BCUT2D eigenvalue weighted by atomic mass is 16.6. The molecule has 0 atom stereocenters. The first-order valence-electron chi connectivity index (χ1n) is 11.5. The van der Waals surface area contributed by atoms with Crippen molar-refractivity contribution >= 4 is 23.5 Å². The Kier molecular flexibility index (Phi) is 5.87. The molecule has 170 valence electrons. The molecule has 4 heterocycles. The summed E-state index contributed by atoms with van der Waals surface area (Å²) in [5.74, 6) is 3.16. The molecule has 2 amide bonds. The lowest BCUT2D eigenvalue weighted by molar-refractivity contribution is 0.171. The molecular formula is C23H30N6O3. The molecule has 5 rings (SSSR count). The molecule has 2 saturated heterocycles. The van der Waals surface area contributed by atoms with Gasteiger partial charge in [-0.3, -0.25) is 0 Å². The van der Waals surface area contributed by atoms with Crippen molar-refractivity contribution in [2.75, 3.05) is 67.6 Å². The van der Waals surface area contributed by atoms with E-state index in [4.69, 9.17) is 14.5 Å². The van der Waals surface area contributed by atoms with Crippen molar-refractivity contribution in [2.24, 2.45) is 0 Å². The number of hydrogen-bond acceptors (Lipinski definition) is 7. The fraction of sp³-hybridized carbons (Fsp3) is 0.522. The van der Waals surface area contributed by atoms with Gasteiger partial charge in [-0.25, -0.2) is 9.78 Å². The monoisotopic (exact) mass is 438 g/mol. The quantitative estimate of drug-likeness (QED) is 0.789. The summed E-state index contributed by atoms with van der Waals surface area (Å²) in [7, 11) is 0. The van der Waals surface area contributed by atoms with Crippen molar-refractivity contribution in [3.05, 3.63) is 30.0 Å². The number of nitrogens with one attached hydrogen (secondary N) is 1. The second-order valence-corrected chi connectivity index (χ2v) is 8.48. The van der Waals surface area contributed by atoms with Crippen LogP contribution in [0.25, 0.3) is 0 Å². The topological polar surface area (TPSA) is 83.1 Å². The first-order valence-corrected chi connectivity index (χ1v) is 11.5. The Bertz CT molecular complexity index is 970. The Labute approximate surface area is 188 Å². The number of hydrogen-bond donors (Lipinski definition) is 1. The molecule has 0 radical (unpaired) electrons. The zero-order valence-corrected chi connectivity index (χ0v) is 18.5. The van der Waals surface area contributed by atoms with Crippen molar-refractivity contribution in [1.29, 1.82) is 0 Å². The van der Waals surface area contributed by atoms with E-state index < -0.39 is 0 Å². The van der Waals surface area contributed by atoms with Crippen molar-refractivity contribution in [1.82, 2.24) is 14.9 Å². The summed E-state index contributed by atoms with van der Waals surface area (Å²) >= 11 is 0. The SMILES string of the molecule is Cc1cc(N2CCCCC2)nc(N2CCN(C(=O)Nc3ccc4c(c3)OCCO4)CC2)n1. The second kappa shape index (κ2) is 9.10. The summed E-state index contributed by atoms with van der Waals surface area (Å²) in [6, 6.07) is 7.44. The van der Waals surface area contributed by atoms with Gasteiger partial charge in [0.05, 0.1) is 0 Å². The molecule has 3 aliphatic heterocycles. The lowest BCUT2D eigenvalue weighted by Crippen LogP contribution is -2.50. The fourth-order valence-corrected chi connectivity index (χ4v) is 4.40. The van der Waals surface area contributed by atoms with Gasteiger partial charge in [0.1, 0.15) is 19.0 Å². The van der Waals surface area contributed by atoms with Crippen LogP contribution in [0.2, 0.25) is 0 Å². The Morgan fingerprint density at radius 1 is 0.875 bits per heavy atom. The molecule has 9 heteroatoms. The van der Waals surface area contributed by atoms with Gasteiger partial charge >= 0.3 is 6.03 Å². The van der Waals surface area contributed by atoms with Gasteiger partial charge in [0.25, 0.3) is 0 Å². The van der Waals surface area contributed by atoms with Crippen LogP contribution in [0.5, 0.6) is 11.5 Å². The summed E-state index contributed by atoms with van der Waals surface area (Å²) in [4.78, 5) is 28.7. The van der Waals surface area contributed by atoms with E-state index in [-0.39, 0.29) is 6.03 Å². The summed E-state index contributed by atoms with van der Waals surface area (Å²) in [5.41, 5.74) is 1.68. The van der Waals surface area contributed by atoms with Gasteiger partial charge in [0.15, 0.2) is 11.5 Å². The number of rotatable bonds is 3. The van der Waals surface area contributed by atoms with Crippen molar-refractivity contribution < 1.29 is 14.3 Å². The van der Waals surface area contributed by atoms with Gasteiger partial charge in [0, 0.05) is 62.8 Å². The zero-order chi connectivity index (χ0) is 21.9. The Hall–Kier alpha value is -3.23. The van der Waals surface area contributed by atoms with E-state index in [0.29, 0.717) is 56.6 Å². The number of nitrogens with zero attached hydrogens (tertiary/aromatic N) is 5. The standard InChI is InChI=1S/C23H30N6O3/c1-17-15-21(27-7-3-2-4-8-27)26-22(24-17)28-9-11-29(12-10-28)23(30)25-18-5-6-19-20(16-18)32-14-13-31-19/h5-6,15-16H,2-4,7-14H2,1H3,(H,25,30). The van der Waals surface area contributed by atoms with E-state index in [1.807, 2.05) is 30.0 Å². The smallest absolute Gasteiger partial charge is 0.321 e. The van der Waals surface area contributed by atoms with Crippen LogP contribution < -0.4 is 24.6 Å². The molecular weight excluding hydrogens is 408 g/mol. The minimum Gasteiger partial charge on any atom is -0.486 e. The maximum Gasteiger partial charge on any atom is 0.321 e. The number of amides is 2. The maximum atomic E-state index is 12.8. The molecule has 32 heavy (non-hydrogen) atoms. The minimum atomic E-state index is -0.111. The van der Waals surface area contributed by atoms with Gasteiger partial charge in [-0.1, -0.05) is 0 Å². The molecule has 1 N–H and O–H groups in total. The number of anilines is 3. The van der Waals surface area contributed by atoms with Crippen LogP contribution in [-0.2, 0) is 0 Å². The molecule has 2 fully saturated rings. The zero-order valence-electron chi connectivity index (χ0n) is 18.5. The van der Waals surface area contributed by atoms with Gasteiger partial charge < -0.3 is 29.5 Å². The fourth-order valence-electron chi connectivity index (χ4n) is 4.40. The van der Waals surface area contributed by atoms with Crippen LogP contribution in [0.15, 0.2) is 24.3 Å². The number of carbonyl (C=O) groups is 1. The average Bonchev–Trinajstić information content (AvgIpc) is 2.84. The number of benzene rings is 1. The van der Waals surface area contributed by atoms with E-state index in [1.54, 1.807) is 0 Å². The summed E-state index contributed by atoms with van der Waals surface area (Å²) in [5, 5.41) is 2.97. The molecule has 0 spiro atoms. The Balaban J connectivity index is 1.19. The summed E-state index contributed by atoms with van der Waals surface area (Å²) in [6.45, 7) is 7.86. The molecule has 3 aliphatic rings. The predicted octanol–water partition coefficient (Wildman–Crippen LogP) is 2.90. The lowest BCUT2D eigenvalue weighted by Gasteiger charge is -2.35. The van der Waals surface area contributed by atoms with Gasteiger partial charge in [-0.2, -0.15) is 4.98 Å². The molecule has 2 aromatic rings. The first-order chi connectivity index (χ1) is 15.7. The number of fused-ring (bicyclic) bond motifs is 1. The lowest BCUT2D eigenvalue weighted by atomic mass is 10.1. The second-order valence-electron chi connectivity index (χ2n) is 8.48. The van der Waals surface area contributed by atoms with Crippen LogP contribution in [-0.4, -0.2) is 73.4 Å². The van der Waals surface area contributed by atoms with E-state index in [0.717, 1.165) is 30.5 Å². The largest absolute Gasteiger partial charge is 0.486 e. The van der Waals surface area contributed by atoms with E-state index in [9.17, 15) is 4.79 Å². The van der Waals surface area contributed by atoms with E-state index >= 15 is 0 Å². The normalized spacial score (nSPS) is 18.5. The van der Waals surface area contributed by atoms with E-state index in [1.165, 1.54) is 19.3 Å². The Morgan fingerprint density at radius 3 is 2.41 bits per heavy atom. The molecule has 0 aliphatic carbocycles. The highest BCUT2D eigenvalue weighted by Gasteiger charge is 2.24. The van der Waals surface area contributed by atoms with Crippen LogP contribution in [0.4, 0.5) is 22.2 Å². The summed E-state index contributed by atoms with van der Waals surface area (Å²) < 4.78 is 11.1. The molecule has 1 aromatic heterocycles. The van der Waals surface area contributed by atoms with Gasteiger partial charge in [-0.05, 0) is 38.3 Å². The van der Waals surface area contributed by atoms with E-state index in [2.05, 4.69) is 26.2 Å².